The van der Waals surface area contributed by atoms with Crippen LogP contribution >= 0.6 is 0 Å². The average molecular weight is 850 g/mol. The summed E-state index contributed by atoms with van der Waals surface area (Å²) in [6.45, 7) is 6.20. The molecule has 3 saturated heterocycles. The lowest BCUT2D eigenvalue weighted by Gasteiger charge is -2.72. The van der Waals surface area contributed by atoms with E-state index in [1.54, 1.807) is 11.3 Å². The number of allylic oxidation sites excluding steroid dienone is 6. The van der Waals surface area contributed by atoms with E-state index in [1.807, 2.05) is 0 Å². The predicted molar refractivity (Wildman–Crippen MR) is 240 cm³/mol. The molecule has 12 bridgehead atoms. The van der Waals surface area contributed by atoms with Gasteiger partial charge >= 0.3 is 11.9 Å². The fourth-order valence-electron chi connectivity index (χ4n) is 18.7. The fourth-order valence-corrected chi connectivity index (χ4v) is 18.7. The van der Waals surface area contributed by atoms with E-state index in [9.17, 15) is 9.90 Å². The maximum atomic E-state index is 16.1. The molecule has 13 atom stereocenters. The molecule has 0 radical (unpaired) electrons. The molecule has 17 rings (SSSR count). The molecule has 8 heteroatoms. The summed E-state index contributed by atoms with van der Waals surface area (Å²) in [5, 5.41) is 13.3. The SMILES string of the molecule is CC1CCC2=C3C=CCC4CC5=C6C(C7=C2C28C(=O)OC(=C(O)CC(CC9CCCCC9)N9CC%10CC(C9)C(CC5)N6C%10)C2(CC7)C2(OC(=O)c5c(CCCN)cccc52)C8C1)C34. The minimum absolute atomic E-state index is 0.164. The number of nitrogens with zero attached hydrogens (tertiary/aromatic N) is 2. The van der Waals surface area contributed by atoms with Crippen molar-refractivity contribution in [3.8, 4) is 0 Å². The van der Waals surface area contributed by atoms with Gasteiger partial charge in [0.1, 0.15) is 11.2 Å². The molecule has 1 aromatic carbocycles. The summed E-state index contributed by atoms with van der Waals surface area (Å²) in [6, 6.07) is 7.04. The standard InChI is InChI=1S/C55H67N3O5/c1-30-15-17-39-38-13-5-11-34-25-35-16-18-42-36-23-32-27-57(29-36)37(24-31-8-3-2-4-9-31)26-43(59)50-53-20-19-40(47(45(34)38)49(35)58(42)28-32)48(39)54(53,52(61)62-50)44(22-30)55(53)41-14-6-10-33(12-7-21-56)46(41)51(60)63-55/h5-6,10,13-14,30-32,34,36-37,42,44-45,47,59H,2-4,7-9,11-12,15-29,56H2,1H3. The molecule has 63 heavy (non-hydrogen) atoms. The van der Waals surface area contributed by atoms with Gasteiger partial charge < -0.3 is 25.2 Å². The van der Waals surface area contributed by atoms with Crippen molar-refractivity contribution >= 4 is 11.9 Å². The molecular formula is C55H67N3O5. The number of aliphatic hydroxyl groups is 1. The molecule has 9 aliphatic heterocycles. The summed E-state index contributed by atoms with van der Waals surface area (Å²) < 4.78 is 14.3. The van der Waals surface area contributed by atoms with Gasteiger partial charge in [0, 0.05) is 61.2 Å². The van der Waals surface area contributed by atoms with Crippen LogP contribution in [0.5, 0.6) is 0 Å². The number of ether oxygens (including phenoxy) is 2. The first-order chi connectivity index (χ1) is 30.8. The van der Waals surface area contributed by atoms with E-state index >= 15 is 4.79 Å². The monoisotopic (exact) mass is 850 g/mol. The fraction of sp³-hybridized carbons (Fsp3) is 0.673. The number of fused-ring (bicyclic) bond motifs is 3. The first-order valence-electron chi connectivity index (χ1n) is 25.8. The number of aryl methyl sites for hydroxylation is 1. The number of carbonyl (C=O) groups is 2. The Kier molecular flexibility index (Phi) is 8.27. The highest BCUT2D eigenvalue weighted by Gasteiger charge is 2.94. The molecule has 332 valence electrons. The Morgan fingerprint density at radius 1 is 0.968 bits per heavy atom. The van der Waals surface area contributed by atoms with Gasteiger partial charge in [-0.25, -0.2) is 4.79 Å². The summed E-state index contributed by atoms with van der Waals surface area (Å²) in [5.74, 6) is 3.35. The molecule has 0 aromatic heterocycles. The molecule has 3 saturated carbocycles. The molecular weight excluding hydrogens is 783 g/mol. The van der Waals surface area contributed by atoms with Gasteiger partial charge in [0.2, 0.25) is 0 Å². The summed E-state index contributed by atoms with van der Waals surface area (Å²) in [6.07, 6.45) is 24.7. The van der Waals surface area contributed by atoms with Crippen LogP contribution in [-0.4, -0.2) is 65.1 Å². The molecule has 0 amide bonds. The van der Waals surface area contributed by atoms with Crippen LogP contribution in [0.25, 0.3) is 0 Å². The largest absolute Gasteiger partial charge is 0.509 e. The highest BCUT2D eigenvalue weighted by atomic mass is 16.6. The van der Waals surface area contributed by atoms with Gasteiger partial charge in [-0.2, -0.15) is 0 Å². The normalized spacial score (nSPS) is 43.9. The van der Waals surface area contributed by atoms with Gasteiger partial charge in [-0.1, -0.05) is 80.5 Å². The van der Waals surface area contributed by atoms with E-state index in [1.165, 1.54) is 80.1 Å². The number of rotatable bonds is 5. The van der Waals surface area contributed by atoms with Crippen molar-refractivity contribution in [1.29, 1.82) is 0 Å². The second kappa shape index (κ2) is 13.5. The number of hydrogen-bond acceptors (Lipinski definition) is 8. The maximum absolute atomic E-state index is 16.1. The van der Waals surface area contributed by atoms with Gasteiger partial charge in [-0.3, -0.25) is 9.69 Å². The van der Waals surface area contributed by atoms with Gasteiger partial charge in [0.15, 0.2) is 11.4 Å². The lowest BCUT2D eigenvalue weighted by Crippen LogP contribution is -2.77. The zero-order valence-corrected chi connectivity index (χ0v) is 37.5. The Balaban J connectivity index is 1.07. The van der Waals surface area contributed by atoms with E-state index in [4.69, 9.17) is 15.2 Å². The van der Waals surface area contributed by atoms with Crippen LogP contribution in [0.4, 0.5) is 0 Å². The second-order valence-corrected chi connectivity index (χ2v) is 23.3. The zero-order valence-electron chi connectivity index (χ0n) is 37.5. The quantitative estimate of drug-likeness (QED) is 0.283. The van der Waals surface area contributed by atoms with Crippen LogP contribution < -0.4 is 5.73 Å². The first-order valence-corrected chi connectivity index (χ1v) is 25.8. The first kappa shape index (κ1) is 38.6. The molecule has 3 N–H and O–H groups in total. The van der Waals surface area contributed by atoms with Crippen molar-refractivity contribution in [1.82, 2.24) is 9.80 Å². The number of aliphatic hydroxyl groups excluding tert-OH is 1. The van der Waals surface area contributed by atoms with Crippen molar-refractivity contribution in [2.24, 2.45) is 63.9 Å². The third-order valence-electron chi connectivity index (χ3n) is 20.6. The summed E-state index contributed by atoms with van der Waals surface area (Å²) >= 11 is 0. The summed E-state index contributed by atoms with van der Waals surface area (Å²) in [5.41, 5.74) is 14.5. The minimum atomic E-state index is -1.13. The second-order valence-electron chi connectivity index (χ2n) is 23.3. The van der Waals surface area contributed by atoms with Gasteiger partial charge in [-0.15, -0.1) is 0 Å². The smallest absolute Gasteiger partial charge is 0.339 e. The molecule has 6 fully saturated rings. The Bertz CT molecular complexity index is 2400. The van der Waals surface area contributed by atoms with Crippen molar-refractivity contribution in [3.63, 3.8) is 0 Å². The van der Waals surface area contributed by atoms with Crippen LogP contribution in [0, 0.1) is 58.2 Å². The summed E-state index contributed by atoms with van der Waals surface area (Å²) in [7, 11) is 0. The average Bonchev–Trinajstić information content (AvgIpc) is 3.75. The Hall–Kier alpha value is -3.62. The Labute approximate surface area is 373 Å². The number of nitrogens with two attached hydrogens (primary N) is 1. The highest BCUT2D eigenvalue weighted by Crippen LogP contribution is 2.88. The van der Waals surface area contributed by atoms with Gasteiger partial charge in [-0.05, 0) is 148 Å². The molecule has 7 aliphatic carbocycles. The van der Waals surface area contributed by atoms with Crippen molar-refractivity contribution in [2.75, 3.05) is 26.2 Å². The Morgan fingerprint density at radius 3 is 2.73 bits per heavy atom. The molecule has 9 heterocycles. The number of esters is 2. The number of piperidine rings is 2. The predicted octanol–water partition coefficient (Wildman–Crippen LogP) is 9.72. The molecule has 16 aliphatic rings. The Morgan fingerprint density at radius 2 is 1.86 bits per heavy atom. The van der Waals surface area contributed by atoms with Crippen LogP contribution in [0.1, 0.15) is 144 Å². The van der Waals surface area contributed by atoms with Crippen LogP contribution in [0.15, 0.2) is 75.4 Å². The van der Waals surface area contributed by atoms with E-state index < -0.39 is 16.4 Å². The molecule has 13 unspecified atom stereocenters. The number of benzene rings is 1. The van der Waals surface area contributed by atoms with Crippen LogP contribution in [-0.2, 0) is 26.3 Å². The van der Waals surface area contributed by atoms with Crippen LogP contribution in [0.3, 0.4) is 0 Å². The number of hydrogen-bond donors (Lipinski definition) is 2. The minimum Gasteiger partial charge on any atom is -0.509 e. The third-order valence-corrected chi connectivity index (χ3v) is 20.6. The molecule has 8 nitrogen and oxygen atoms in total. The van der Waals surface area contributed by atoms with Gasteiger partial charge in [0.25, 0.3) is 0 Å². The third kappa shape index (κ3) is 4.67. The lowest BCUT2D eigenvalue weighted by atomic mass is 9.27. The molecule has 3 spiro atoms. The van der Waals surface area contributed by atoms with E-state index in [0.29, 0.717) is 78.7 Å². The maximum Gasteiger partial charge on any atom is 0.339 e. The van der Waals surface area contributed by atoms with Crippen LogP contribution in [0.2, 0.25) is 0 Å². The summed E-state index contributed by atoms with van der Waals surface area (Å²) in [4.78, 5) is 36.9. The van der Waals surface area contributed by atoms with Crippen molar-refractivity contribution in [2.45, 2.75) is 147 Å². The van der Waals surface area contributed by atoms with E-state index in [0.717, 1.165) is 75.7 Å². The zero-order chi connectivity index (χ0) is 42.1. The lowest BCUT2D eigenvalue weighted by molar-refractivity contribution is -0.279. The van der Waals surface area contributed by atoms with Crippen molar-refractivity contribution < 1.29 is 24.2 Å². The van der Waals surface area contributed by atoms with E-state index in [2.05, 4.69) is 47.1 Å². The number of carbonyl (C=O) groups excluding carboxylic acids is 2. The highest BCUT2D eigenvalue weighted by molar-refractivity contribution is 6.01. The molecule has 1 aromatic rings. The van der Waals surface area contributed by atoms with Crippen molar-refractivity contribution in [3.05, 3.63) is 92.1 Å². The van der Waals surface area contributed by atoms with Gasteiger partial charge in [0.05, 0.1) is 11.0 Å². The van der Waals surface area contributed by atoms with E-state index in [-0.39, 0.29) is 35.6 Å². The topological polar surface area (TPSA) is 105 Å².